The van der Waals surface area contributed by atoms with E-state index in [1.165, 1.54) is 24.3 Å². The van der Waals surface area contributed by atoms with Crippen molar-refractivity contribution in [1.29, 1.82) is 0 Å². The van der Waals surface area contributed by atoms with E-state index in [4.69, 9.17) is 5.11 Å². The molecule has 0 fully saturated rings. The first kappa shape index (κ1) is 29.7. The summed E-state index contributed by atoms with van der Waals surface area (Å²) in [6.45, 7) is 0. The van der Waals surface area contributed by atoms with Crippen molar-refractivity contribution in [1.82, 2.24) is 15.5 Å². The summed E-state index contributed by atoms with van der Waals surface area (Å²) >= 11 is 3.94. The number of nitrogens with one attached hydrogen (secondary N) is 2. The number of carboxylic acids is 1. The van der Waals surface area contributed by atoms with Gasteiger partial charge in [-0.1, -0.05) is 30.4 Å². The summed E-state index contributed by atoms with van der Waals surface area (Å²) < 4.78 is 0. The van der Waals surface area contributed by atoms with Crippen molar-refractivity contribution in [2.75, 3.05) is 12.8 Å². The highest BCUT2D eigenvalue weighted by Gasteiger charge is 2.27. The predicted octanol–water partition coefficient (Wildman–Crippen LogP) is 1.78. The Bertz CT molecular complexity index is 1230. The van der Waals surface area contributed by atoms with E-state index >= 15 is 0 Å². The fraction of sp³-hybridized carbons (Fsp3) is 0.240. The number of carbonyl (C=O) groups is 5. The van der Waals surface area contributed by atoms with Crippen molar-refractivity contribution in [3.8, 4) is 11.5 Å². The number of amides is 4. The van der Waals surface area contributed by atoms with E-state index in [1.807, 2.05) is 0 Å². The van der Waals surface area contributed by atoms with Gasteiger partial charge in [0.15, 0.2) is 11.5 Å². The van der Waals surface area contributed by atoms with E-state index in [2.05, 4.69) is 23.3 Å². The van der Waals surface area contributed by atoms with Crippen LogP contribution in [0, 0.1) is 0 Å². The molecule has 0 aromatic heterocycles. The lowest BCUT2D eigenvalue weighted by Crippen LogP contribution is -2.50. The summed E-state index contributed by atoms with van der Waals surface area (Å²) in [4.78, 5) is 59.8. The summed E-state index contributed by atoms with van der Waals surface area (Å²) in [6, 6.07) is 7.92. The van der Waals surface area contributed by atoms with Crippen LogP contribution < -0.4 is 10.6 Å². The maximum atomic E-state index is 12.6. The number of thiol groups is 1. The van der Waals surface area contributed by atoms with Gasteiger partial charge in [-0.2, -0.15) is 12.6 Å². The highest BCUT2D eigenvalue weighted by Crippen LogP contribution is 2.25. The minimum Gasteiger partial charge on any atom is -0.504 e. The summed E-state index contributed by atoms with van der Waals surface area (Å²) in [6.07, 6.45) is 1.25. The van der Waals surface area contributed by atoms with Crippen LogP contribution in [0.15, 0.2) is 42.5 Å². The smallest absolute Gasteiger partial charge is 0.413 e. The average Bonchev–Trinajstić information content (AvgIpc) is 2.89. The molecule has 0 bridgehead atoms. The number of carbonyl (C=O) groups excluding carboxylic acids is 3. The second-order valence-electron chi connectivity index (χ2n) is 8.09. The number of hydrogen-bond donors (Lipinski definition) is 7. The summed E-state index contributed by atoms with van der Waals surface area (Å²) in [7, 11) is 1.02. The molecule has 0 aliphatic heterocycles. The lowest BCUT2D eigenvalue weighted by molar-refractivity contribution is -0.139. The molecule has 0 saturated carbocycles. The van der Waals surface area contributed by atoms with Crippen LogP contribution in [0.3, 0.4) is 0 Å². The number of hydrogen-bond acceptors (Lipinski definition) is 8. The molecule has 0 aliphatic rings. The second kappa shape index (κ2) is 13.7. The molecule has 0 spiro atoms. The minimum absolute atomic E-state index is 0.177. The molecule has 38 heavy (non-hydrogen) atoms. The molecule has 4 amide bonds. The van der Waals surface area contributed by atoms with Crippen molar-refractivity contribution < 1.29 is 44.4 Å². The third-order valence-corrected chi connectivity index (χ3v) is 5.70. The van der Waals surface area contributed by atoms with E-state index in [9.17, 15) is 39.3 Å². The van der Waals surface area contributed by atoms with Crippen LogP contribution >= 0.6 is 12.6 Å². The van der Waals surface area contributed by atoms with Crippen molar-refractivity contribution >= 4 is 54.6 Å². The van der Waals surface area contributed by atoms with Crippen LogP contribution in [0.2, 0.25) is 0 Å². The van der Waals surface area contributed by atoms with E-state index in [1.54, 1.807) is 30.4 Å². The standard InChI is InChI=1S/C25H27N3O9S/c1-28(25(36)37)23(33)18(13-38)26-21(31)11-9-17(24(34)35)27-22(32)16-7-4-14(5-8-16)2-3-15-6-10-19(29)20(30)12-15/h2-8,10,12,17-18,29-30,38H,9,11,13H2,1H3,(H,26,31)(H,27,32)(H,34,35)(H,36,37). The third kappa shape index (κ3) is 8.55. The van der Waals surface area contributed by atoms with Crippen molar-refractivity contribution in [2.24, 2.45) is 0 Å². The average molecular weight is 546 g/mol. The van der Waals surface area contributed by atoms with Gasteiger partial charge in [-0.25, -0.2) is 14.5 Å². The van der Waals surface area contributed by atoms with Crippen molar-refractivity contribution in [3.63, 3.8) is 0 Å². The zero-order valence-corrected chi connectivity index (χ0v) is 21.1. The van der Waals surface area contributed by atoms with Gasteiger partial charge in [0.25, 0.3) is 11.8 Å². The highest BCUT2D eigenvalue weighted by atomic mass is 32.1. The number of aliphatic carboxylic acids is 1. The van der Waals surface area contributed by atoms with Crippen LogP contribution in [0.25, 0.3) is 12.2 Å². The Labute approximate surface area is 223 Å². The molecule has 0 aliphatic carbocycles. The largest absolute Gasteiger partial charge is 0.504 e. The highest BCUT2D eigenvalue weighted by molar-refractivity contribution is 7.80. The lowest BCUT2D eigenvalue weighted by atomic mass is 10.1. The molecule has 2 unspecified atom stereocenters. The van der Waals surface area contributed by atoms with Gasteiger partial charge in [0.1, 0.15) is 12.1 Å². The monoisotopic (exact) mass is 545 g/mol. The molecular formula is C25H27N3O9S. The second-order valence-corrected chi connectivity index (χ2v) is 8.45. The van der Waals surface area contributed by atoms with Gasteiger partial charge in [-0.15, -0.1) is 0 Å². The molecule has 2 atom stereocenters. The summed E-state index contributed by atoms with van der Waals surface area (Å²) in [5.41, 5.74) is 1.52. The molecule has 2 aromatic rings. The van der Waals surface area contributed by atoms with Gasteiger partial charge in [0.2, 0.25) is 5.91 Å². The fourth-order valence-electron chi connectivity index (χ4n) is 3.14. The Morgan fingerprint density at radius 3 is 2.05 bits per heavy atom. The zero-order chi connectivity index (χ0) is 28.4. The number of aromatic hydroxyl groups is 2. The molecular weight excluding hydrogens is 518 g/mol. The van der Waals surface area contributed by atoms with Crippen LogP contribution in [0.1, 0.15) is 34.3 Å². The topological polar surface area (TPSA) is 194 Å². The zero-order valence-electron chi connectivity index (χ0n) is 20.2. The molecule has 13 heteroatoms. The van der Waals surface area contributed by atoms with Gasteiger partial charge in [-0.05, 0) is 41.8 Å². The van der Waals surface area contributed by atoms with Gasteiger partial charge < -0.3 is 31.1 Å². The number of benzene rings is 2. The molecule has 12 nitrogen and oxygen atoms in total. The van der Waals surface area contributed by atoms with Crippen molar-refractivity contribution in [3.05, 3.63) is 59.2 Å². The number of phenols is 2. The van der Waals surface area contributed by atoms with Crippen LogP contribution in [0.5, 0.6) is 11.5 Å². The Balaban J connectivity index is 1.95. The Hall–Kier alpha value is -4.52. The Morgan fingerprint density at radius 2 is 1.50 bits per heavy atom. The summed E-state index contributed by atoms with van der Waals surface area (Å²) in [5.74, 6) is -4.33. The number of nitrogens with zero attached hydrogens (tertiary/aromatic N) is 1. The molecule has 0 heterocycles. The SMILES string of the molecule is CN(C(=O)O)C(=O)C(CS)NC(=O)CCC(NC(=O)c1ccc(C=Cc2ccc(O)c(O)c2)cc1)C(=O)O. The van der Waals surface area contributed by atoms with E-state index in [0.29, 0.717) is 16.0 Å². The summed E-state index contributed by atoms with van der Waals surface area (Å²) in [5, 5.41) is 41.9. The van der Waals surface area contributed by atoms with Crippen LogP contribution in [0.4, 0.5) is 4.79 Å². The normalized spacial score (nSPS) is 12.4. The number of carboxylic acid groups (broad SMARTS) is 2. The Kier molecular flexibility index (Phi) is 10.7. The minimum atomic E-state index is -1.51. The number of rotatable bonds is 11. The molecule has 6 N–H and O–H groups in total. The number of phenolic OH excluding ortho intramolecular Hbond substituents is 2. The van der Waals surface area contributed by atoms with Crippen LogP contribution in [-0.2, 0) is 14.4 Å². The van der Waals surface area contributed by atoms with Crippen LogP contribution in [-0.4, -0.2) is 80.0 Å². The number of imide groups is 1. The first-order valence-electron chi connectivity index (χ1n) is 11.2. The van der Waals surface area contributed by atoms with E-state index in [0.717, 1.165) is 7.05 Å². The van der Waals surface area contributed by atoms with E-state index < -0.39 is 41.9 Å². The molecule has 0 saturated heterocycles. The van der Waals surface area contributed by atoms with Gasteiger partial charge in [0, 0.05) is 24.8 Å². The third-order valence-electron chi connectivity index (χ3n) is 5.34. The first-order chi connectivity index (χ1) is 17.9. The lowest BCUT2D eigenvalue weighted by Gasteiger charge is -2.20. The Morgan fingerprint density at radius 1 is 0.895 bits per heavy atom. The first-order valence-corrected chi connectivity index (χ1v) is 11.8. The molecule has 2 rings (SSSR count). The quantitative estimate of drug-likeness (QED) is 0.125. The molecule has 0 radical (unpaired) electrons. The molecule has 2 aromatic carbocycles. The number of likely N-dealkylation sites (N-methyl/N-ethyl adjacent to an activating group) is 1. The predicted molar refractivity (Wildman–Crippen MR) is 140 cm³/mol. The maximum Gasteiger partial charge on any atom is 0.413 e. The fourth-order valence-corrected chi connectivity index (χ4v) is 3.38. The van der Waals surface area contributed by atoms with Crippen molar-refractivity contribution in [2.45, 2.75) is 24.9 Å². The van der Waals surface area contributed by atoms with Gasteiger partial charge >= 0.3 is 12.1 Å². The maximum absolute atomic E-state index is 12.6. The van der Waals surface area contributed by atoms with Gasteiger partial charge in [-0.3, -0.25) is 14.4 Å². The van der Waals surface area contributed by atoms with E-state index in [-0.39, 0.29) is 35.7 Å². The molecule has 202 valence electrons. The van der Waals surface area contributed by atoms with Gasteiger partial charge in [0.05, 0.1) is 0 Å².